The summed E-state index contributed by atoms with van der Waals surface area (Å²) in [5.74, 6) is 2.05. The molecule has 0 amide bonds. The van der Waals surface area contributed by atoms with Gasteiger partial charge >= 0.3 is 0 Å². The molecule has 1 atom stereocenters. The molecule has 1 unspecified atom stereocenters. The van der Waals surface area contributed by atoms with E-state index in [1.807, 2.05) is 37.9 Å². The maximum atomic E-state index is 5.45. The first-order valence-corrected chi connectivity index (χ1v) is 7.23. The monoisotopic (exact) mass is 253 g/mol. The van der Waals surface area contributed by atoms with Crippen molar-refractivity contribution in [2.75, 3.05) is 19.4 Å². The first-order valence-electron chi connectivity index (χ1n) is 6.19. The van der Waals surface area contributed by atoms with E-state index < -0.39 is 0 Å². The quantitative estimate of drug-likeness (QED) is 0.804. The Kier molecular flexibility index (Phi) is 6.45. The highest BCUT2D eigenvalue weighted by molar-refractivity contribution is 7.99. The van der Waals surface area contributed by atoms with Crippen molar-refractivity contribution in [2.45, 2.75) is 32.1 Å². The molecule has 1 rings (SSSR count). The predicted molar refractivity (Wildman–Crippen MR) is 77.0 cm³/mol. The van der Waals surface area contributed by atoms with Gasteiger partial charge in [-0.05, 0) is 36.9 Å². The van der Waals surface area contributed by atoms with Crippen LogP contribution >= 0.6 is 11.8 Å². The number of hydrogen-bond donors (Lipinski definition) is 1. The molecule has 2 nitrogen and oxygen atoms in total. The molecular weight excluding hydrogens is 230 g/mol. The fourth-order valence-corrected chi connectivity index (χ4v) is 2.53. The minimum atomic E-state index is 0.415. The molecule has 0 spiro atoms. The Hall–Kier alpha value is -0.670. The number of nitrogens with one attached hydrogen (secondary N) is 1. The van der Waals surface area contributed by atoms with Crippen molar-refractivity contribution in [1.29, 1.82) is 0 Å². The topological polar surface area (TPSA) is 21.3 Å². The lowest BCUT2D eigenvalue weighted by molar-refractivity contribution is 0.340. The van der Waals surface area contributed by atoms with Gasteiger partial charge in [-0.1, -0.05) is 26.0 Å². The molecule has 0 aromatic heterocycles. The molecule has 0 aliphatic rings. The summed E-state index contributed by atoms with van der Waals surface area (Å²) in [6.07, 6.45) is 0. The van der Waals surface area contributed by atoms with Crippen LogP contribution in [-0.2, 0) is 0 Å². The number of benzene rings is 1. The summed E-state index contributed by atoms with van der Waals surface area (Å²) in [5, 5.41) is 4.04. The van der Waals surface area contributed by atoms with Crippen LogP contribution in [0.15, 0.2) is 24.3 Å². The lowest BCUT2D eigenvalue weighted by Crippen LogP contribution is -2.19. The van der Waals surface area contributed by atoms with Crippen molar-refractivity contribution in [3.05, 3.63) is 29.8 Å². The van der Waals surface area contributed by atoms with Gasteiger partial charge in [0.25, 0.3) is 0 Å². The van der Waals surface area contributed by atoms with Crippen molar-refractivity contribution >= 4 is 11.8 Å². The van der Waals surface area contributed by atoms with Gasteiger partial charge in [0, 0.05) is 11.8 Å². The van der Waals surface area contributed by atoms with E-state index in [0.29, 0.717) is 11.3 Å². The standard InChI is InChI=1S/C14H23NOS/c1-5-16-13-8-6-12(7-9-13)14(15-4)10-17-11(2)3/h6-9,11,14-15H,5,10H2,1-4H3. The zero-order valence-corrected chi connectivity index (χ0v) is 12.0. The largest absolute Gasteiger partial charge is 0.494 e. The molecule has 0 saturated heterocycles. The summed E-state index contributed by atoms with van der Waals surface area (Å²) in [6.45, 7) is 7.19. The number of ether oxygens (including phenoxy) is 1. The van der Waals surface area contributed by atoms with Crippen molar-refractivity contribution in [1.82, 2.24) is 5.32 Å². The third-order valence-corrected chi connectivity index (χ3v) is 3.73. The highest BCUT2D eigenvalue weighted by Gasteiger charge is 2.10. The third kappa shape index (κ3) is 5.00. The van der Waals surface area contributed by atoms with Crippen LogP contribution in [0.25, 0.3) is 0 Å². The van der Waals surface area contributed by atoms with Gasteiger partial charge in [0.15, 0.2) is 0 Å². The van der Waals surface area contributed by atoms with Crippen LogP contribution in [-0.4, -0.2) is 24.7 Å². The molecule has 1 aromatic rings. The van der Waals surface area contributed by atoms with Crippen LogP contribution in [0.3, 0.4) is 0 Å². The first-order chi connectivity index (χ1) is 8.17. The Morgan fingerprint density at radius 1 is 1.24 bits per heavy atom. The second kappa shape index (κ2) is 7.62. The molecule has 0 fully saturated rings. The van der Waals surface area contributed by atoms with Gasteiger partial charge in [-0.2, -0.15) is 11.8 Å². The van der Waals surface area contributed by atoms with Crippen molar-refractivity contribution in [3.8, 4) is 5.75 Å². The van der Waals surface area contributed by atoms with Gasteiger partial charge < -0.3 is 10.1 Å². The van der Waals surface area contributed by atoms with Gasteiger partial charge in [-0.15, -0.1) is 0 Å². The van der Waals surface area contributed by atoms with Crippen LogP contribution in [0.4, 0.5) is 0 Å². The first kappa shape index (κ1) is 14.4. The van der Waals surface area contributed by atoms with Crippen LogP contribution in [0.5, 0.6) is 5.75 Å². The Labute approximate surface area is 109 Å². The number of hydrogen-bond acceptors (Lipinski definition) is 3. The van der Waals surface area contributed by atoms with Crippen LogP contribution in [0.1, 0.15) is 32.4 Å². The lowest BCUT2D eigenvalue weighted by Gasteiger charge is -2.18. The van der Waals surface area contributed by atoms with E-state index in [9.17, 15) is 0 Å². The van der Waals surface area contributed by atoms with Gasteiger partial charge in [0.2, 0.25) is 0 Å². The summed E-state index contributed by atoms with van der Waals surface area (Å²) in [6, 6.07) is 8.80. The fourth-order valence-electron chi connectivity index (χ4n) is 1.60. The summed E-state index contributed by atoms with van der Waals surface area (Å²) in [4.78, 5) is 0. The average Bonchev–Trinajstić information content (AvgIpc) is 2.32. The second-order valence-corrected chi connectivity index (χ2v) is 5.83. The summed E-state index contributed by atoms with van der Waals surface area (Å²) in [7, 11) is 2.02. The molecule has 1 aromatic carbocycles. The normalized spacial score (nSPS) is 12.8. The predicted octanol–water partition coefficient (Wildman–Crippen LogP) is 3.49. The van der Waals surface area contributed by atoms with E-state index in [0.717, 1.165) is 18.1 Å². The maximum Gasteiger partial charge on any atom is 0.119 e. The maximum absolute atomic E-state index is 5.45. The minimum Gasteiger partial charge on any atom is -0.494 e. The van der Waals surface area contributed by atoms with Crippen LogP contribution in [0.2, 0.25) is 0 Å². The van der Waals surface area contributed by atoms with Crippen LogP contribution in [0, 0.1) is 0 Å². The van der Waals surface area contributed by atoms with E-state index in [1.54, 1.807) is 0 Å². The summed E-state index contributed by atoms with van der Waals surface area (Å²) in [5.41, 5.74) is 1.32. The molecule has 17 heavy (non-hydrogen) atoms. The highest BCUT2D eigenvalue weighted by atomic mass is 32.2. The number of rotatable bonds is 7. The Morgan fingerprint density at radius 2 is 1.88 bits per heavy atom. The zero-order chi connectivity index (χ0) is 12.7. The Balaban J connectivity index is 2.61. The smallest absolute Gasteiger partial charge is 0.119 e. The van der Waals surface area contributed by atoms with Gasteiger partial charge in [-0.3, -0.25) is 0 Å². The molecule has 0 aliphatic heterocycles. The molecule has 1 N–H and O–H groups in total. The zero-order valence-electron chi connectivity index (χ0n) is 11.2. The van der Waals surface area contributed by atoms with Gasteiger partial charge in [-0.25, -0.2) is 0 Å². The van der Waals surface area contributed by atoms with E-state index in [-0.39, 0.29) is 0 Å². The average molecular weight is 253 g/mol. The molecule has 3 heteroatoms. The Bertz CT molecular complexity index is 311. The lowest BCUT2D eigenvalue weighted by atomic mass is 10.1. The van der Waals surface area contributed by atoms with E-state index in [4.69, 9.17) is 4.74 Å². The van der Waals surface area contributed by atoms with E-state index in [1.165, 1.54) is 5.56 Å². The molecule has 96 valence electrons. The Morgan fingerprint density at radius 3 is 2.35 bits per heavy atom. The number of thioether (sulfide) groups is 1. The van der Waals surface area contributed by atoms with Crippen LogP contribution < -0.4 is 10.1 Å². The van der Waals surface area contributed by atoms with Crippen molar-refractivity contribution in [2.24, 2.45) is 0 Å². The van der Waals surface area contributed by atoms with Gasteiger partial charge in [0.1, 0.15) is 5.75 Å². The fraction of sp³-hybridized carbons (Fsp3) is 0.571. The minimum absolute atomic E-state index is 0.415. The third-order valence-electron chi connectivity index (χ3n) is 2.54. The summed E-state index contributed by atoms with van der Waals surface area (Å²) >= 11 is 1.98. The molecule has 0 bridgehead atoms. The summed E-state index contributed by atoms with van der Waals surface area (Å²) < 4.78 is 5.45. The molecule has 0 aliphatic carbocycles. The SMILES string of the molecule is CCOc1ccc(C(CSC(C)C)NC)cc1. The van der Waals surface area contributed by atoms with Gasteiger partial charge in [0.05, 0.1) is 6.61 Å². The van der Waals surface area contributed by atoms with Crippen molar-refractivity contribution < 1.29 is 4.74 Å². The van der Waals surface area contributed by atoms with Crippen molar-refractivity contribution in [3.63, 3.8) is 0 Å². The highest BCUT2D eigenvalue weighted by Crippen LogP contribution is 2.22. The second-order valence-electron chi connectivity index (χ2n) is 4.23. The molecular formula is C14H23NOS. The van der Waals surface area contributed by atoms with E-state index >= 15 is 0 Å². The van der Waals surface area contributed by atoms with E-state index in [2.05, 4.69) is 31.3 Å². The molecule has 0 radical (unpaired) electrons. The molecule has 0 saturated carbocycles. The molecule has 0 heterocycles.